The zero-order valence-electron chi connectivity index (χ0n) is 9.84. The lowest BCUT2D eigenvalue weighted by Gasteiger charge is -2.20. The molecule has 92 valence electrons. The summed E-state index contributed by atoms with van der Waals surface area (Å²) in [6.45, 7) is 1.57. The van der Waals surface area contributed by atoms with Crippen molar-refractivity contribution < 1.29 is 19.4 Å². The SMILES string of the molecule is COc1ccc(N(CCC(=O)O)C(C)=O)cc1. The molecule has 1 amide bonds. The first-order valence-electron chi connectivity index (χ1n) is 5.18. The van der Waals surface area contributed by atoms with Crippen molar-refractivity contribution in [3.63, 3.8) is 0 Å². The molecule has 0 saturated carbocycles. The third-order valence-electron chi connectivity index (χ3n) is 2.31. The van der Waals surface area contributed by atoms with E-state index in [-0.39, 0.29) is 18.9 Å². The van der Waals surface area contributed by atoms with Crippen LogP contribution in [0.15, 0.2) is 24.3 Å². The molecule has 0 saturated heterocycles. The fourth-order valence-corrected chi connectivity index (χ4v) is 1.44. The zero-order chi connectivity index (χ0) is 12.8. The lowest BCUT2D eigenvalue weighted by atomic mass is 10.2. The summed E-state index contributed by atoms with van der Waals surface area (Å²) in [6.07, 6.45) is -0.0778. The number of anilines is 1. The van der Waals surface area contributed by atoms with Crippen molar-refractivity contribution in [2.45, 2.75) is 13.3 Å². The maximum Gasteiger partial charge on any atom is 0.305 e. The largest absolute Gasteiger partial charge is 0.497 e. The Bertz CT molecular complexity index is 399. The summed E-state index contributed by atoms with van der Waals surface area (Å²) < 4.78 is 5.01. The van der Waals surface area contributed by atoms with Gasteiger partial charge in [0.2, 0.25) is 5.91 Å². The van der Waals surface area contributed by atoms with Gasteiger partial charge >= 0.3 is 5.97 Å². The normalized spacial score (nSPS) is 9.76. The first kappa shape index (κ1) is 13.0. The third kappa shape index (κ3) is 3.79. The molecule has 17 heavy (non-hydrogen) atoms. The highest BCUT2D eigenvalue weighted by Crippen LogP contribution is 2.19. The molecule has 0 aliphatic rings. The van der Waals surface area contributed by atoms with Crippen molar-refractivity contribution in [2.75, 3.05) is 18.6 Å². The van der Waals surface area contributed by atoms with E-state index in [1.54, 1.807) is 31.4 Å². The highest BCUT2D eigenvalue weighted by molar-refractivity contribution is 5.92. The minimum absolute atomic E-state index is 0.0778. The number of carboxylic acids is 1. The Hall–Kier alpha value is -2.04. The summed E-state index contributed by atoms with van der Waals surface area (Å²) in [5.41, 5.74) is 0.666. The van der Waals surface area contributed by atoms with Crippen molar-refractivity contribution in [2.24, 2.45) is 0 Å². The van der Waals surface area contributed by atoms with Crippen LogP contribution in [0.3, 0.4) is 0 Å². The van der Waals surface area contributed by atoms with Crippen LogP contribution in [0.25, 0.3) is 0 Å². The fraction of sp³-hybridized carbons (Fsp3) is 0.333. The lowest BCUT2D eigenvalue weighted by Crippen LogP contribution is -2.30. The summed E-state index contributed by atoms with van der Waals surface area (Å²) in [5.74, 6) is -0.420. The molecule has 0 heterocycles. The van der Waals surface area contributed by atoms with Crippen LogP contribution in [-0.4, -0.2) is 30.6 Å². The molecule has 0 spiro atoms. The highest BCUT2D eigenvalue weighted by atomic mass is 16.5. The minimum Gasteiger partial charge on any atom is -0.497 e. The molecule has 0 unspecified atom stereocenters. The molecule has 0 aliphatic heterocycles. The average molecular weight is 237 g/mol. The zero-order valence-corrected chi connectivity index (χ0v) is 9.84. The van der Waals surface area contributed by atoms with Crippen LogP contribution in [0.2, 0.25) is 0 Å². The van der Waals surface area contributed by atoms with Crippen molar-refractivity contribution in [3.05, 3.63) is 24.3 Å². The Labute approximate surface area is 99.6 Å². The second kappa shape index (κ2) is 5.89. The number of aliphatic carboxylic acids is 1. The molecule has 1 N–H and O–H groups in total. The van der Waals surface area contributed by atoms with Gasteiger partial charge in [-0.3, -0.25) is 9.59 Å². The van der Waals surface area contributed by atoms with Gasteiger partial charge in [-0.05, 0) is 24.3 Å². The number of amides is 1. The number of nitrogens with zero attached hydrogens (tertiary/aromatic N) is 1. The number of carbonyl (C=O) groups is 2. The van der Waals surface area contributed by atoms with E-state index in [4.69, 9.17) is 9.84 Å². The van der Waals surface area contributed by atoms with Crippen LogP contribution in [-0.2, 0) is 9.59 Å². The highest BCUT2D eigenvalue weighted by Gasteiger charge is 2.12. The summed E-state index contributed by atoms with van der Waals surface area (Å²) in [5, 5.41) is 8.62. The second-order valence-electron chi connectivity index (χ2n) is 3.51. The molecule has 1 rings (SSSR count). The van der Waals surface area contributed by atoms with Crippen molar-refractivity contribution in [1.29, 1.82) is 0 Å². The van der Waals surface area contributed by atoms with Crippen LogP contribution < -0.4 is 9.64 Å². The van der Waals surface area contributed by atoms with E-state index in [2.05, 4.69) is 0 Å². The molecule has 1 aromatic carbocycles. The van der Waals surface area contributed by atoms with E-state index >= 15 is 0 Å². The Morgan fingerprint density at radius 3 is 2.29 bits per heavy atom. The van der Waals surface area contributed by atoms with Crippen molar-refractivity contribution >= 4 is 17.6 Å². The molecule has 5 nitrogen and oxygen atoms in total. The molecule has 0 aromatic heterocycles. The fourth-order valence-electron chi connectivity index (χ4n) is 1.44. The Kier molecular flexibility index (Phi) is 4.51. The van der Waals surface area contributed by atoms with Crippen LogP contribution in [0.1, 0.15) is 13.3 Å². The predicted molar refractivity (Wildman–Crippen MR) is 63.3 cm³/mol. The quantitative estimate of drug-likeness (QED) is 0.843. The summed E-state index contributed by atoms with van der Waals surface area (Å²) in [7, 11) is 1.56. The summed E-state index contributed by atoms with van der Waals surface area (Å²) >= 11 is 0. The number of methoxy groups -OCH3 is 1. The van der Waals surface area contributed by atoms with Gasteiger partial charge < -0.3 is 14.7 Å². The van der Waals surface area contributed by atoms with Gasteiger partial charge in [0.15, 0.2) is 0 Å². The van der Waals surface area contributed by atoms with E-state index in [9.17, 15) is 9.59 Å². The average Bonchev–Trinajstić information content (AvgIpc) is 2.29. The van der Waals surface area contributed by atoms with E-state index < -0.39 is 5.97 Å². The number of benzene rings is 1. The molecule has 0 atom stereocenters. The number of carboxylic acid groups (broad SMARTS) is 1. The van der Waals surface area contributed by atoms with Gasteiger partial charge in [0.05, 0.1) is 13.5 Å². The van der Waals surface area contributed by atoms with Gasteiger partial charge in [0.25, 0.3) is 0 Å². The first-order chi connectivity index (χ1) is 8.04. The van der Waals surface area contributed by atoms with Gasteiger partial charge in [-0.25, -0.2) is 0 Å². The lowest BCUT2D eigenvalue weighted by molar-refractivity contribution is -0.136. The van der Waals surface area contributed by atoms with Gasteiger partial charge in [0, 0.05) is 19.2 Å². The van der Waals surface area contributed by atoms with E-state index in [1.807, 2.05) is 0 Å². The molecule has 1 aromatic rings. The van der Waals surface area contributed by atoms with Crippen LogP contribution >= 0.6 is 0 Å². The number of ether oxygens (including phenoxy) is 1. The second-order valence-corrected chi connectivity index (χ2v) is 3.51. The molecule has 0 fully saturated rings. The smallest absolute Gasteiger partial charge is 0.305 e. The van der Waals surface area contributed by atoms with Gasteiger partial charge in [0.1, 0.15) is 5.75 Å². The Morgan fingerprint density at radius 1 is 1.29 bits per heavy atom. The van der Waals surface area contributed by atoms with Crippen LogP contribution in [0, 0.1) is 0 Å². The van der Waals surface area contributed by atoms with E-state index in [0.717, 1.165) is 0 Å². The molecular formula is C12H15NO4. The number of hydrogen-bond donors (Lipinski definition) is 1. The standard InChI is InChI=1S/C12H15NO4/c1-9(14)13(8-7-12(15)16)10-3-5-11(17-2)6-4-10/h3-6H,7-8H2,1-2H3,(H,15,16). The maximum atomic E-state index is 11.4. The summed E-state index contributed by atoms with van der Waals surface area (Å²) in [6, 6.07) is 6.91. The Balaban J connectivity index is 2.81. The number of carbonyl (C=O) groups excluding carboxylic acids is 1. The van der Waals surface area contributed by atoms with Gasteiger partial charge in [-0.1, -0.05) is 0 Å². The molecule has 0 radical (unpaired) electrons. The number of rotatable bonds is 5. The first-order valence-corrected chi connectivity index (χ1v) is 5.18. The third-order valence-corrected chi connectivity index (χ3v) is 2.31. The van der Waals surface area contributed by atoms with Gasteiger partial charge in [-0.2, -0.15) is 0 Å². The molecular weight excluding hydrogens is 222 g/mol. The molecule has 5 heteroatoms. The van der Waals surface area contributed by atoms with Gasteiger partial charge in [-0.15, -0.1) is 0 Å². The van der Waals surface area contributed by atoms with Crippen LogP contribution in [0.4, 0.5) is 5.69 Å². The topological polar surface area (TPSA) is 66.8 Å². The van der Waals surface area contributed by atoms with Crippen molar-refractivity contribution in [1.82, 2.24) is 0 Å². The van der Waals surface area contributed by atoms with E-state index in [1.165, 1.54) is 11.8 Å². The maximum absolute atomic E-state index is 11.4. The Morgan fingerprint density at radius 2 is 1.88 bits per heavy atom. The van der Waals surface area contributed by atoms with Crippen molar-refractivity contribution in [3.8, 4) is 5.75 Å². The number of hydrogen-bond acceptors (Lipinski definition) is 3. The van der Waals surface area contributed by atoms with E-state index in [0.29, 0.717) is 11.4 Å². The monoisotopic (exact) mass is 237 g/mol. The minimum atomic E-state index is -0.926. The van der Waals surface area contributed by atoms with Crippen LogP contribution in [0.5, 0.6) is 5.75 Å². The predicted octanol–water partition coefficient (Wildman–Crippen LogP) is 1.52. The molecule has 0 bridgehead atoms. The summed E-state index contributed by atoms with van der Waals surface area (Å²) in [4.78, 5) is 23.3. The molecule has 0 aliphatic carbocycles.